The number of carbonyl (C=O) groups excluding carboxylic acids is 1. The highest BCUT2D eigenvalue weighted by molar-refractivity contribution is 9.10. The predicted molar refractivity (Wildman–Crippen MR) is 86.1 cm³/mol. The van der Waals surface area contributed by atoms with E-state index < -0.39 is 9.05 Å². The van der Waals surface area contributed by atoms with Crippen LogP contribution in [0.1, 0.15) is 37.0 Å². The van der Waals surface area contributed by atoms with Crippen molar-refractivity contribution < 1.29 is 13.2 Å². The van der Waals surface area contributed by atoms with Crippen molar-refractivity contribution in [2.75, 3.05) is 6.54 Å². The highest BCUT2D eigenvalue weighted by Gasteiger charge is 2.29. The molecule has 7 heteroatoms. The van der Waals surface area contributed by atoms with Crippen LogP contribution >= 0.6 is 26.6 Å². The van der Waals surface area contributed by atoms with Crippen LogP contribution in [0.4, 0.5) is 0 Å². The van der Waals surface area contributed by atoms with Crippen LogP contribution in [-0.2, 0) is 9.05 Å². The Morgan fingerprint density at radius 3 is 2.48 bits per heavy atom. The molecule has 0 radical (unpaired) electrons. The number of carbonyl (C=O) groups is 1. The Hall–Kier alpha value is -0.590. The molecule has 1 aromatic carbocycles. The summed E-state index contributed by atoms with van der Waals surface area (Å²) in [5.74, 6) is 0.402. The topological polar surface area (TPSA) is 54.5 Å². The van der Waals surface area contributed by atoms with Crippen LogP contribution in [0.5, 0.6) is 0 Å². The fourth-order valence-electron chi connectivity index (χ4n) is 2.10. The minimum atomic E-state index is -3.87. The first-order valence-corrected chi connectivity index (χ1v) is 9.85. The van der Waals surface area contributed by atoms with Gasteiger partial charge in [-0.3, -0.25) is 4.79 Å². The third-order valence-electron chi connectivity index (χ3n) is 3.44. The second-order valence-corrected chi connectivity index (χ2v) is 9.09. The Balaban J connectivity index is 2.34. The van der Waals surface area contributed by atoms with E-state index in [0.29, 0.717) is 22.5 Å². The zero-order chi connectivity index (χ0) is 15.8. The first-order chi connectivity index (χ1) is 9.68. The molecule has 2 rings (SSSR count). The van der Waals surface area contributed by atoms with Crippen LogP contribution < -0.4 is 0 Å². The lowest BCUT2D eigenvalue weighted by molar-refractivity contribution is 0.0696. The minimum Gasteiger partial charge on any atom is -0.336 e. The van der Waals surface area contributed by atoms with Gasteiger partial charge in [0.2, 0.25) is 0 Å². The molecule has 1 amide bonds. The zero-order valence-corrected chi connectivity index (χ0v) is 15.0. The van der Waals surface area contributed by atoms with E-state index in [1.54, 1.807) is 11.0 Å². The van der Waals surface area contributed by atoms with E-state index in [1.807, 2.05) is 13.8 Å². The van der Waals surface area contributed by atoms with Gasteiger partial charge in [0.1, 0.15) is 0 Å². The molecule has 0 aliphatic heterocycles. The maximum absolute atomic E-state index is 12.6. The van der Waals surface area contributed by atoms with E-state index in [9.17, 15) is 13.2 Å². The molecule has 0 atom stereocenters. The number of rotatable bonds is 5. The average Bonchev–Trinajstić information content (AvgIpc) is 3.17. The molecule has 0 saturated heterocycles. The van der Waals surface area contributed by atoms with Crippen LogP contribution in [0.2, 0.25) is 0 Å². The largest absolute Gasteiger partial charge is 0.336 e. The van der Waals surface area contributed by atoms with E-state index in [-0.39, 0.29) is 16.8 Å². The van der Waals surface area contributed by atoms with Crippen LogP contribution in [0.3, 0.4) is 0 Å². The second-order valence-electron chi connectivity index (χ2n) is 5.61. The molecule has 1 saturated carbocycles. The Kier molecular flexibility index (Phi) is 5.00. The second kappa shape index (κ2) is 6.26. The van der Waals surface area contributed by atoms with Crippen molar-refractivity contribution in [1.29, 1.82) is 0 Å². The van der Waals surface area contributed by atoms with Crippen molar-refractivity contribution in [1.82, 2.24) is 4.90 Å². The fraction of sp³-hybridized carbons (Fsp3) is 0.500. The van der Waals surface area contributed by atoms with Gasteiger partial charge in [-0.2, -0.15) is 0 Å². The Bertz CT molecular complexity index is 656. The number of hydrogen-bond acceptors (Lipinski definition) is 3. The van der Waals surface area contributed by atoms with E-state index in [1.165, 1.54) is 12.1 Å². The van der Waals surface area contributed by atoms with Crippen molar-refractivity contribution >= 4 is 41.6 Å². The molecule has 1 aliphatic carbocycles. The SMILES string of the molecule is CC(C)N(CC1CC1)C(=O)c1cc(Br)cc(S(=O)(=O)Cl)c1. The molecular formula is C14H17BrClNO3S. The summed E-state index contributed by atoms with van der Waals surface area (Å²) >= 11 is 3.23. The normalized spacial score (nSPS) is 15.3. The zero-order valence-electron chi connectivity index (χ0n) is 11.8. The molecule has 1 aliphatic rings. The smallest absolute Gasteiger partial charge is 0.261 e. The van der Waals surface area contributed by atoms with Crippen molar-refractivity contribution in [2.24, 2.45) is 5.92 Å². The van der Waals surface area contributed by atoms with Crippen LogP contribution in [-0.4, -0.2) is 31.8 Å². The van der Waals surface area contributed by atoms with Gasteiger partial charge in [0, 0.05) is 33.3 Å². The van der Waals surface area contributed by atoms with Gasteiger partial charge in [0.15, 0.2) is 0 Å². The van der Waals surface area contributed by atoms with Gasteiger partial charge in [-0.05, 0) is 50.8 Å². The van der Waals surface area contributed by atoms with Gasteiger partial charge in [-0.25, -0.2) is 8.42 Å². The highest BCUT2D eigenvalue weighted by atomic mass is 79.9. The van der Waals surface area contributed by atoms with Crippen molar-refractivity contribution in [2.45, 2.75) is 37.6 Å². The van der Waals surface area contributed by atoms with E-state index in [4.69, 9.17) is 10.7 Å². The fourth-order valence-corrected chi connectivity index (χ4v) is 3.55. The molecule has 0 N–H and O–H groups in total. The van der Waals surface area contributed by atoms with Crippen LogP contribution in [0.15, 0.2) is 27.6 Å². The predicted octanol–water partition coefficient (Wildman–Crippen LogP) is 3.64. The molecule has 0 unspecified atom stereocenters. The van der Waals surface area contributed by atoms with Gasteiger partial charge >= 0.3 is 0 Å². The third-order valence-corrected chi connectivity index (χ3v) is 5.23. The quantitative estimate of drug-likeness (QED) is 0.717. The first kappa shape index (κ1) is 16.8. The van der Waals surface area contributed by atoms with Gasteiger partial charge < -0.3 is 4.90 Å². The molecule has 0 bridgehead atoms. The Labute approximate surface area is 138 Å². The first-order valence-electron chi connectivity index (χ1n) is 6.74. The van der Waals surface area contributed by atoms with Gasteiger partial charge in [0.05, 0.1) is 4.90 Å². The summed E-state index contributed by atoms with van der Waals surface area (Å²) < 4.78 is 23.5. The summed E-state index contributed by atoms with van der Waals surface area (Å²) in [6.45, 7) is 4.63. The van der Waals surface area contributed by atoms with Gasteiger partial charge in [0.25, 0.3) is 15.0 Å². The maximum Gasteiger partial charge on any atom is 0.261 e. The number of halogens is 2. The summed E-state index contributed by atoms with van der Waals surface area (Å²) in [5.41, 5.74) is 0.331. The van der Waals surface area contributed by atoms with Crippen molar-refractivity contribution in [3.8, 4) is 0 Å². The minimum absolute atomic E-state index is 0.0631. The molecule has 0 aromatic heterocycles. The molecule has 4 nitrogen and oxygen atoms in total. The Morgan fingerprint density at radius 2 is 2.00 bits per heavy atom. The van der Waals surface area contributed by atoms with Crippen molar-refractivity contribution in [3.05, 3.63) is 28.2 Å². The lowest BCUT2D eigenvalue weighted by atomic mass is 10.1. The number of amides is 1. The van der Waals surface area contributed by atoms with Crippen LogP contribution in [0, 0.1) is 5.92 Å². The van der Waals surface area contributed by atoms with E-state index in [2.05, 4.69) is 15.9 Å². The number of hydrogen-bond donors (Lipinski definition) is 0. The van der Waals surface area contributed by atoms with Gasteiger partial charge in [-0.1, -0.05) is 15.9 Å². The summed E-state index contributed by atoms with van der Waals surface area (Å²) in [5, 5.41) is 0. The maximum atomic E-state index is 12.6. The lowest BCUT2D eigenvalue weighted by Gasteiger charge is -2.27. The number of benzene rings is 1. The average molecular weight is 395 g/mol. The molecular weight excluding hydrogens is 378 g/mol. The van der Waals surface area contributed by atoms with Crippen molar-refractivity contribution in [3.63, 3.8) is 0 Å². The summed E-state index contributed by atoms with van der Waals surface area (Å²) in [7, 11) is 1.50. The Morgan fingerprint density at radius 1 is 1.38 bits per heavy atom. The standard InChI is InChI=1S/C14H17BrClNO3S/c1-9(2)17(8-10-3-4-10)14(18)11-5-12(15)7-13(6-11)21(16,19)20/h5-7,9-10H,3-4,8H2,1-2H3. The molecule has 21 heavy (non-hydrogen) atoms. The molecule has 1 fully saturated rings. The number of nitrogens with zero attached hydrogens (tertiary/aromatic N) is 1. The van der Waals surface area contributed by atoms with E-state index >= 15 is 0 Å². The molecule has 1 aromatic rings. The van der Waals surface area contributed by atoms with Gasteiger partial charge in [-0.15, -0.1) is 0 Å². The molecule has 0 heterocycles. The summed E-state index contributed by atoms with van der Waals surface area (Å²) in [6.07, 6.45) is 2.30. The highest BCUT2D eigenvalue weighted by Crippen LogP contribution is 2.31. The molecule has 116 valence electrons. The third kappa shape index (κ3) is 4.44. The van der Waals surface area contributed by atoms with Crippen LogP contribution in [0.25, 0.3) is 0 Å². The lowest BCUT2D eigenvalue weighted by Crippen LogP contribution is -2.38. The van der Waals surface area contributed by atoms with E-state index in [0.717, 1.165) is 12.8 Å². The molecule has 0 spiro atoms. The summed E-state index contributed by atoms with van der Waals surface area (Å²) in [6, 6.07) is 4.40. The summed E-state index contributed by atoms with van der Waals surface area (Å²) in [4.78, 5) is 14.4. The monoisotopic (exact) mass is 393 g/mol.